The van der Waals surface area contributed by atoms with E-state index >= 15 is 0 Å². The quantitative estimate of drug-likeness (QED) is 0.718. The van der Waals surface area contributed by atoms with Gasteiger partial charge in [-0.25, -0.2) is 9.97 Å². The summed E-state index contributed by atoms with van der Waals surface area (Å²) in [5.74, 6) is 0.139. The van der Waals surface area contributed by atoms with Crippen LogP contribution in [0.4, 0.5) is 17.3 Å². The van der Waals surface area contributed by atoms with E-state index in [4.69, 9.17) is 0 Å². The van der Waals surface area contributed by atoms with Gasteiger partial charge in [0.15, 0.2) is 0 Å². The summed E-state index contributed by atoms with van der Waals surface area (Å²) in [6, 6.07) is 13.4. The van der Waals surface area contributed by atoms with E-state index in [-0.39, 0.29) is 5.91 Å². The standard InChI is InChI=1S/C21H22N4O/c1-13-11-15(3)19(16(4)12-13)25-21-22-10-9-18(24-21)20(26)23-17-8-6-5-7-14(17)2/h5-12H,1-4H3,(H,23,26)(H,22,24,25). The summed E-state index contributed by atoms with van der Waals surface area (Å²) in [5, 5.41) is 6.13. The van der Waals surface area contributed by atoms with Crippen LogP contribution >= 0.6 is 0 Å². The number of aromatic nitrogens is 2. The second-order valence-corrected chi connectivity index (χ2v) is 6.43. The summed E-state index contributed by atoms with van der Waals surface area (Å²) in [6.07, 6.45) is 1.58. The number of aryl methyl sites for hydroxylation is 4. The maximum Gasteiger partial charge on any atom is 0.274 e. The van der Waals surface area contributed by atoms with Crippen LogP contribution in [0.1, 0.15) is 32.7 Å². The van der Waals surface area contributed by atoms with Gasteiger partial charge in [-0.2, -0.15) is 0 Å². The van der Waals surface area contributed by atoms with Gasteiger partial charge in [-0.15, -0.1) is 0 Å². The third-order valence-electron chi connectivity index (χ3n) is 4.20. The van der Waals surface area contributed by atoms with E-state index in [1.807, 2.05) is 45.0 Å². The van der Waals surface area contributed by atoms with Crippen LogP contribution in [0.15, 0.2) is 48.7 Å². The molecule has 0 bridgehead atoms. The summed E-state index contributed by atoms with van der Waals surface area (Å²) in [7, 11) is 0. The SMILES string of the molecule is Cc1cc(C)c(Nc2nccc(C(=O)Nc3ccccc3C)n2)c(C)c1. The number of benzene rings is 2. The van der Waals surface area contributed by atoms with Gasteiger partial charge in [0.25, 0.3) is 5.91 Å². The van der Waals surface area contributed by atoms with Crippen molar-refractivity contribution in [2.75, 3.05) is 10.6 Å². The number of carbonyl (C=O) groups excluding carboxylic acids is 1. The van der Waals surface area contributed by atoms with Crippen LogP contribution in [-0.4, -0.2) is 15.9 Å². The Kier molecular flexibility index (Phi) is 4.98. The van der Waals surface area contributed by atoms with Crippen LogP contribution in [0.2, 0.25) is 0 Å². The first-order valence-corrected chi connectivity index (χ1v) is 8.49. The van der Waals surface area contributed by atoms with Crippen LogP contribution in [0, 0.1) is 27.7 Å². The number of carbonyl (C=O) groups is 1. The van der Waals surface area contributed by atoms with Gasteiger partial charge < -0.3 is 10.6 Å². The molecular formula is C21H22N4O. The van der Waals surface area contributed by atoms with Gasteiger partial charge in [-0.1, -0.05) is 35.9 Å². The Labute approximate surface area is 153 Å². The summed E-state index contributed by atoms with van der Waals surface area (Å²) in [5.41, 5.74) is 6.48. The van der Waals surface area contributed by atoms with E-state index in [0.717, 1.165) is 28.1 Å². The highest BCUT2D eigenvalue weighted by molar-refractivity contribution is 6.03. The number of rotatable bonds is 4. The second kappa shape index (κ2) is 7.35. The van der Waals surface area contributed by atoms with Crippen molar-refractivity contribution in [2.24, 2.45) is 0 Å². The number of para-hydroxylation sites is 1. The molecule has 3 aromatic rings. The number of nitrogens with one attached hydrogen (secondary N) is 2. The zero-order valence-electron chi connectivity index (χ0n) is 15.4. The molecule has 0 aliphatic carbocycles. The van der Waals surface area contributed by atoms with Crippen molar-refractivity contribution in [3.8, 4) is 0 Å². The highest BCUT2D eigenvalue weighted by Gasteiger charge is 2.12. The summed E-state index contributed by atoms with van der Waals surface area (Å²) in [6.45, 7) is 8.09. The highest BCUT2D eigenvalue weighted by Crippen LogP contribution is 2.24. The highest BCUT2D eigenvalue weighted by atomic mass is 16.1. The molecule has 5 heteroatoms. The lowest BCUT2D eigenvalue weighted by Gasteiger charge is -2.13. The predicted octanol–water partition coefficient (Wildman–Crippen LogP) is 4.71. The second-order valence-electron chi connectivity index (χ2n) is 6.43. The molecule has 0 saturated heterocycles. The van der Waals surface area contributed by atoms with Crippen molar-refractivity contribution in [1.29, 1.82) is 0 Å². The maximum absolute atomic E-state index is 12.5. The van der Waals surface area contributed by atoms with E-state index in [9.17, 15) is 4.79 Å². The Morgan fingerprint density at radius 2 is 1.62 bits per heavy atom. The van der Waals surface area contributed by atoms with Crippen LogP contribution < -0.4 is 10.6 Å². The topological polar surface area (TPSA) is 66.9 Å². The largest absolute Gasteiger partial charge is 0.324 e. The number of amides is 1. The molecular weight excluding hydrogens is 324 g/mol. The minimum atomic E-state index is -0.262. The molecule has 0 fully saturated rings. The molecule has 2 aromatic carbocycles. The molecule has 0 atom stereocenters. The Bertz CT molecular complexity index is 943. The van der Waals surface area contributed by atoms with Crippen molar-refractivity contribution in [3.05, 3.63) is 76.6 Å². The molecule has 1 heterocycles. The van der Waals surface area contributed by atoms with Crippen molar-refractivity contribution in [2.45, 2.75) is 27.7 Å². The maximum atomic E-state index is 12.5. The number of nitrogens with zero attached hydrogens (tertiary/aromatic N) is 2. The van der Waals surface area contributed by atoms with Crippen molar-refractivity contribution in [1.82, 2.24) is 9.97 Å². The molecule has 26 heavy (non-hydrogen) atoms. The van der Waals surface area contributed by atoms with Crippen LogP contribution in [-0.2, 0) is 0 Å². The molecule has 132 valence electrons. The van der Waals surface area contributed by atoms with Gasteiger partial charge >= 0.3 is 0 Å². The summed E-state index contributed by atoms with van der Waals surface area (Å²) < 4.78 is 0. The molecule has 0 aliphatic heterocycles. The lowest BCUT2D eigenvalue weighted by Crippen LogP contribution is -2.15. The third-order valence-corrected chi connectivity index (χ3v) is 4.20. The van der Waals surface area contributed by atoms with Gasteiger partial charge in [0.05, 0.1) is 0 Å². The average molecular weight is 346 g/mol. The lowest BCUT2D eigenvalue weighted by atomic mass is 10.1. The molecule has 0 spiro atoms. The van der Waals surface area contributed by atoms with Crippen molar-refractivity contribution < 1.29 is 4.79 Å². The van der Waals surface area contributed by atoms with Crippen molar-refractivity contribution in [3.63, 3.8) is 0 Å². The number of hydrogen-bond donors (Lipinski definition) is 2. The fourth-order valence-corrected chi connectivity index (χ4v) is 2.93. The normalized spacial score (nSPS) is 10.5. The number of anilines is 3. The zero-order valence-corrected chi connectivity index (χ0v) is 15.4. The molecule has 0 unspecified atom stereocenters. The lowest BCUT2D eigenvalue weighted by molar-refractivity contribution is 0.102. The summed E-state index contributed by atoms with van der Waals surface area (Å²) in [4.78, 5) is 21.1. The van der Waals surface area contributed by atoms with Crippen LogP contribution in [0.3, 0.4) is 0 Å². The predicted molar refractivity (Wildman–Crippen MR) is 105 cm³/mol. The van der Waals surface area contributed by atoms with Crippen molar-refractivity contribution >= 4 is 23.2 Å². The molecule has 0 aliphatic rings. The Morgan fingerprint density at radius 1 is 0.923 bits per heavy atom. The van der Waals surface area contributed by atoms with Crippen LogP contribution in [0.25, 0.3) is 0 Å². The monoisotopic (exact) mass is 346 g/mol. The smallest absolute Gasteiger partial charge is 0.274 e. The molecule has 0 saturated carbocycles. The van der Waals surface area contributed by atoms with E-state index in [2.05, 4.69) is 39.7 Å². The first-order valence-electron chi connectivity index (χ1n) is 8.49. The van der Waals surface area contributed by atoms with Gasteiger partial charge in [-0.3, -0.25) is 4.79 Å². The number of hydrogen-bond acceptors (Lipinski definition) is 4. The van der Waals surface area contributed by atoms with Gasteiger partial charge in [0.1, 0.15) is 5.69 Å². The molecule has 1 amide bonds. The van der Waals surface area contributed by atoms with Crippen LogP contribution in [0.5, 0.6) is 0 Å². The molecule has 2 N–H and O–H groups in total. The molecule has 1 aromatic heterocycles. The molecule has 3 rings (SSSR count). The van der Waals surface area contributed by atoms with E-state index < -0.39 is 0 Å². The Balaban J connectivity index is 1.83. The first kappa shape index (κ1) is 17.6. The summed E-state index contributed by atoms with van der Waals surface area (Å²) >= 11 is 0. The molecule has 0 radical (unpaired) electrons. The zero-order chi connectivity index (χ0) is 18.7. The fraction of sp³-hybridized carbons (Fsp3) is 0.190. The Morgan fingerprint density at radius 3 is 2.31 bits per heavy atom. The van der Waals surface area contributed by atoms with E-state index in [0.29, 0.717) is 11.6 Å². The van der Waals surface area contributed by atoms with E-state index in [1.165, 1.54) is 5.56 Å². The minimum Gasteiger partial charge on any atom is -0.324 e. The first-order chi connectivity index (χ1) is 12.4. The third kappa shape index (κ3) is 3.88. The van der Waals surface area contributed by atoms with E-state index in [1.54, 1.807) is 12.3 Å². The molecule has 5 nitrogen and oxygen atoms in total. The van der Waals surface area contributed by atoms with Gasteiger partial charge in [-0.05, 0) is 56.5 Å². The fourth-order valence-electron chi connectivity index (χ4n) is 2.93. The van der Waals surface area contributed by atoms with Gasteiger partial charge in [0.2, 0.25) is 5.95 Å². The average Bonchev–Trinajstić information content (AvgIpc) is 2.60. The minimum absolute atomic E-state index is 0.262. The van der Waals surface area contributed by atoms with Gasteiger partial charge in [0, 0.05) is 17.6 Å². The Hall–Kier alpha value is -3.21.